The van der Waals surface area contributed by atoms with Gasteiger partial charge in [-0.15, -0.1) is 40.5 Å². The number of unbranched alkanes of at least 4 members (excludes halogenated alkanes) is 11. The van der Waals surface area contributed by atoms with E-state index in [1.807, 2.05) is 0 Å². The molecule has 0 spiro atoms. The Balaban J connectivity index is -0.000000403. The molecule has 0 aromatic carbocycles. The Kier molecular flexibility index (Phi) is 40.2. The lowest BCUT2D eigenvalue weighted by Gasteiger charge is -2.17. The van der Waals surface area contributed by atoms with Crippen molar-refractivity contribution in [3.63, 3.8) is 0 Å². The molecule has 0 amide bonds. The maximum absolute atomic E-state index is 3.93. The Morgan fingerprint density at radius 2 is 1.07 bits per heavy atom. The van der Waals surface area contributed by atoms with Crippen LogP contribution in [-0.2, 0) is 0 Å². The highest BCUT2D eigenvalue weighted by molar-refractivity contribution is 8.93. The van der Waals surface area contributed by atoms with Gasteiger partial charge in [-0.1, -0.05) is 101 Å². The Morgan fingerprint density at radius 3 is 1.41 bits per heavy atom. The lowest BCUT2D eigenvalue weighted by atomic mass is 9.88. The van der Waals surface area contributed by atoms with Gasteiger partial charge in [-0.3, -0.25) is 0 Å². The molecule has 0 bridgehead atoms. The zero-order valence-electron chi connectivity index (χ0n) is 19.0. The molecule has 0 aromatic rings. The van der Waals surface area contributed by atoms with E-state index < -0.39 is 0 Å². The van der Waals surface area contributed by atoms with Crippen LogP contribution in [0.5, 0.6) is 0 Å². The van der Waals surface area contributed by atoms with E-state index in [0.29, 0.717) is 0 Å². The predicted octanol–water partition coefficient (Wildman–Crippen LogP) is 10.1. The first kappa shape index (κ1) is 38.0. The molecule has 4 heteroatoms. The number of rotatable bonds is 16. The van der Waals surface area contributed by atoms with Crippen LogP contribution in [0, 0.1) is 5.92 Å². The summed E-state index contributed by atoms with van der Waals surface area (Å²) in [5.41, 5.74) is 3.09. The normalized spacial score (nSPS) is 10.4. The van der Waals surface area contributed by atoms with E-state index >= 15 is 0 Å². The number of allylic oxidation sites excluding steroid dienone is 3. The summed E-state index contributed by atoms with van der Waals surface area (Å²) in [5, 5.41) is 0. The maximum Gasteiger partial charge on any atom is -0.0169 e. The zero-order valence-corrected chi connectivity index (χ0v) is 22.4. The molecule has 0 heterocycles. The molecule has 0 fully saturated rings. The Bertz CT molecular complexity index is 314. The molecule has 27 heavy (non-hydrogen) atoms. The van der Waals surface area contributed by atoms with Gasteiger partial charge in [0.15, 0.2) is 0 Å². The molecule has 2 nitrogen and oxygen atoms in total. The van der Waals surface area contributed by atoms with Crippen LogP contribution in [-0.4, -0.2) is 0 Å². The van der Waals surface area contributed by atoms with Gasteiger partial charge in [0, 0.05) is 0 Å². The smallest absolute Gasteiger partial charge is 0.0169 e. The van der Waals surface area contributed by atoms with E-state index in [0.717, 1.165) is 12.3 Å². The van der Waals surface area contributed by atoms with Gasteiger partial charge in [-0.05, 0) is 39.5 Å². The largest absolute Gasteiger partial charge is 0.344 e. The second-order valence-electron chi connectivity index (χ2n) is 7.58. The molecule has 0 aliphatic carbocycles. The molecular formula is C23H52Br2N2. The Labute approximate surface area is 193 Å². The molecule has 0 aliphatic heterocycles. The third-order valence-electron chi connectivity index (χ3n) is 5.26. The SMILES string of the molecule is Br.Br.C=CCC(CCCCCCCCCCCCCC)C(C)=C(C)C.N.N. The van der Waals surface area contributed by atoms with Crippen molar-refractivity contribution in [3.05, 3.63) is 23.8 Å². The number of hydrogen-bond acceptors (Lipinski definition) is 2. The minimum Gasteiger partial charge on any atom is -0.344 e. The maximum atomic E-state index is 3.93. The van der Waals surface area contributed by atoms with E-state index in [1.165, 1.54) is 89.0 Å². The highest BCUT2D eigenvalue weighted by Gasteiger charge is 2.09. The molecule has 0 aromatic heterocycles. The summed E-state index contributed by atoms with van der Waals surface area (Å²) in [6, 6.07) is 0. The van der Waals surface area contributed by atoms with Gasteiger partial charge >= 0.3 is 0 Å². The molecule has 6 N–H and O–H groups in total. The van der Waals surface area contributed by atoms with E-state index in [9.17, 15) is 0 Å². The van der Waals surface area contributed by atoms with E-state index in [4.69, 9.17) is 0 Å². The third kappa shape index (κ3) is 24.3. The highest BCUT2D eigenvalue weighted by Crippen LogP contribution is 2.25. The second-order valence-corrected chi connectivity index (χ2v) is 7.58. The average molecular weight is 516 g/mol. The summed E-state index contributed by atoms with van der Waals surface area (Å²) < 4.78 is 0. The van der Waals surface area contributed by atoms with Gasteiger partial charge in [-0.2, -0.15) is 0 Å². The Morgan fingerprint density at radius 1 is 0.704 bits per heavy atom. The molecule has 0 aliphatic rings. The molecule has 1 unspecified atom stereocenters. The van der Waals surface area contributed by atoms with Gasteiger partial charge in [0.2, 0.25) is 0 Å². The summed E-state index contributed by atoms with van der Waals surface area (Å²) in [7, 11) is 0. The molecule has 0 rings (SSSR count). The van der Waals surface area contributed by atoms with E-state index in [2.05, 4.69) is 40.3 Å². The summed E-state index contributed by atoms with van der Waals surface area (Å²) in [4.78, 5) is 0. The van der Waals surface area contributed by atoms with Crippen molar-refractivity contribution in [1.82, 2.24) is 12.3 Å². The van der Waals surface area contributed by atoms with Gasteiger partial charge in [0.1, 0.15) is 0 Å². The van der Waals surface area contributed by atoms with Crippen molar-refractivity contribution in [2.45, 2.75) is 118 Å². The van der Waals surface area contributed by atoms with Crippen LogP contribution < -0.4 is 12.3 Å². The third-order valence-corrected chi connectivity index (χ3v) is 5.26. The lowest BCUT2D eigenvalue weighted by molar-refractivity contribution is 0.495. The van der Waals surface area contributed by atoms with Crippen LogP contribution in [0.2, 0.25) is 0 Å². The molecule has 168 valence electrons. The van der Waals surface area contributed by atoms with Crippen LogP contribution in [0.4, 0.5) is 0 Å². The van der Waals surface area contributed by atoms with Crippen molar-refractivity contribution >= 4 is 34.0 Å². The second kappa shape index (κ2) is 28.6. The fourth-order valence-electron chi connectivity index (χ4n) is 3.35. The van der Waals surface area contributed by atoms with Crippen molar-refractivity contribution in [2.75, 3.05) is 0 Å². The molecule has 0 saturated heterocycles. The summed E-state index contributed by atoms with van der Waals surface area (Å²) >= 11 is 0. The fraction of sp³-hybridized carbons (Fsp3) is 0.826. The van der Waals surface area contributed by atoms with Crippen molar-refractivity contribution < 1.29 is 0 Å². The summed E-state index contributed by atoms with van der Waals surface area (Å²) in [6.07, 6.45) is 21.8. The van der Waals surface area contributed by atoms with Crippen LogP contribution in [0.1, 0.15) is 118 Å². The highest BCUT2D eigenvalue weighted by atomic mass is 79.9. The zero-order chi connectivity index (χ0) is 17.3. The molecule has 1 atom stereocenters. The van der Waals surface area contributed by atoms with Crippen LogP contribution in [0.3, 0.4) is 0 Å². The average Bonchev–Trinajstić information content (AvgIpc) is 2.54. The van der Waals surface area contributed by atoms with E-state index in [1.54, 1.807) is 5.57 Å². The van der Waals surface area contributed by atoms with Crippen LogP contribution in [0.15, 0.2) is 23.8 Å². The fourth-order valence-corrected chi connectivity index (χ4v) is 3.35. The minimum absolute atomic E-state index is 0. The van der Waals surface area contributed by atoms with E-state index in [-0.39, 0.29) is 46.3 Å². The van der Waals surface area contributed by atoms with Gasteiger partial charge in [0.25, 0.3) is 0 Å². The lowest BCUT2D eigenvalue weighted by Crippen LogP contribution is -2.02. The minimum atomic E-state index is 0. The molecule has 0 saturated carbocycles. The number of hydrogen-bond donors (Lipinski definition) is 2. The van der Waals surface area contributed by atoms with Gasteiger partial charge in [0.05, 0.1) is 0 Å². The quantitative estimate of drug-likeness (QED) is 0.158. The molecular weight excluding hydrogens is 464 g/mol. The van der Waals surface area contributed by atoms with Gasteiger partial charge < -0.3 is 12.3 Å². The van der Waals surface area contributed by atoms with Crippen molar-refractivity contribution in [3.8, 4) is 0 Å². The standard InChI is InChI=1S/C23H44.2BrH.2H3N/c1-6-8-9-10-11-12-13-14-15-16-17-18-20-23(19-7-2)22(5)21(3)4;;;;/h7,23H,2,6,8-20H2,1,3-5H3;2*1H;2*1H3. The first-order valence-corrected chi connectivity index (χ1v) is 10.4. The topological polar surface area (TPSA) is 70.0 Å². The van der Waals surface area contributed by atoms with Crippen molar-refractivity contribution in [2.24, 2.45) is 5.92 Å². The predicted molar refractivity (Wildman–Crippen MR) is 139 cm³/mol. The molecule has 0 radical (unpaired) electrons. The monoisotopic (exact) mass is 514 g/mol. The first-order valence-electron chi connectivity index (χ1n) is 10.4. The summed E-state index contributed by atoms with van der Waals surface area (Å²) in [6.45, 7) is 13.0. The first-order chi connectivity index (χ1) is 11.1. The van der Waals surface area contributed by atoms with Crippen LogP contribution in [0.25, 0.3) is 0 Å². The summed E-state index contributed by atoms with van der Waals surface area (Å²) in [5.74, 6) is 0.737. The van der Waals surface area contributed by atoms with Crippen molar-refractivity contribution in [1.29, 1.82) is 0 Å². The Hall–Kier alpha value is 0.360. The number of halogens is 2. The van der Waals surface area contributed by atoms with Crippen LogP contribution >= 0.6 is 34.0 Å². The van der Waals surface area contributed by atoms with Gasteiger partial charge in [-0.25, -0.2) is 0 Å².